The lowest BCUT2D eigenvalue weighted by Crippen LogP contribution is -2.36. The Morgan fingerprint density at radius 2 is 2.07 bits per heavy atom. The molecule has 3 aromatic heterocycles. The first-order valence-electron chi connectivity index (χ1n) is 8.18. The van der Waals surface area contributed by atoms with Crippen LogP contribution in [0.25, 0.3) is 0 Å². The second-order valence-corrected chi connectivity index (χ2v) is 6.12. The van der Waals surface area contributed by atoms with Crippen LogP contribution < -0.4 is 10.6 Å². The highest BCUT2D eigenvalue weighted by Crippen LogP contribution is 2.44. The standard InChI is InChI=1S/C17H15F3N4O3/c18-17(19,20)14-7-12(13-4-2-6-27-13)23-15-11(9-22-24(14)15)16(25)21-8-10-3-1-5-26-10/h1-6,9,12,14,23H,7-8H2,(H,21,25). The van der Waals surface area contributed by atoms with Gasteiger partial charge in [-0.2, -0.15) is 18.3 Å². The van der Waals surface area contributed by atoms with Crippen molar-refractivity contribution in [2.45, 2.75) is 31.2 Å². The molecule has 0 radical (unpaired) electrons. The highest BCUT2D eigenvalue weighted by molar-refractivity contribution is 5.98. The number of hydrogen-bond acceptors (Lipinski definition) is 5. The van der Waals surface area contributed by atoms with Crippen molar-refractivity contribution in [3.05, 3.63) is 60.1 Å². The third-order valence-corrected chi connectivity index (χ3v) is 4.37. The average molecular weight is 380 g/mol. The fourth-order valence-corrected chi connectivity index (χ4v) is 3.08. The number of aromatic nitrogens is 2. The summed E-state index contributed by atoms with van der Waals surface area (Å²) in [5.74, 6) is 0.334. The van der Waals surface area contributed by atoms with Gasteiger partial charge in [0, 0.05) is 6.42 Å². The van der Waals surface area contributed by atoms with Gasteiger partial charge in [0.15, 0.2) is 6.04 Å². The summed E-state index contributed by atoms with van der Waals surface area (Å²) in [4.78, 5) is 12.5. The van der Waals surface area contributed by atoms with Crippen LogP contribution in [0, 0.1) is 0 Å². The van der Waals surface area contributed by atoms with Gasteiger partial charge in [-0.25, -0.2) is 4.68 Å². The molecule has 142 valence electrons. The van der Waals surface area contributed by atoms with E-state index in [1.54, 1.807) is 24.3 Å². The predicted octanol–water partition coefficient (Wildman–Crippen LogP) is 3.66. The van der Waals surface area contributed by atoms with Gasteiger partial charge in [0.05, 0.1) is 31.3 Å². The SMILES string of the molecule is O=C(NCc1ccco1)c1cnn2c1NC(c1ccco1)CC2C(F)(F)F. The molecule has 7 nitrogen and oxygen atoms in total. The zero-order chi connectivity index (χ0) is 19.0. The monoisotopic (exact) mass is 380 g/mol. The Hall–Kier alpha value is -3.17. The van der Waals surface area contributed by atoms with Gasteiger partial charge in [-0.15, -0.1) is 0 Å². The van der Waals surface area contributed by atoms with Gasteiger partial charge in [-0.05, 0) is 24.3 Å². The Balaban J connectivity index is 1.63. The predicted molar refractivity (Wildman–Crippen MR) is 86.9 cm³/mol. The number of nitrogens with one attached hydrogen (secondary N) is 2. The molecule has 2 unspecified atom stereocenters. The molecule has 0 aromatic carbocycles. The topological polar surface area (TPSA) is 85.2 Å². The molecule has 0 fully saturated rings. The third-order valence-electron chi connectivity index (χ3n) is 4.37. The maximum absolute atomic E-state index is 13.5. The number of furan rings is 2. The first kappa shape index (κ1) is 17.3. The zero-order valence-corrected chi connectivity index (χ0v) is 13.9. The molecule has 0 bridgehead atoms. The Labute approximate surface area is 151 Å². The van der Waals surface area contributed by atoms with E-state index in [1.807, 2.05) is 0 Å². The van der Waals surface area contributed by atoms with E-state index in [9.17, 15) is 18.0 Å². The van der Waals surface area contributed by atoms with Gasteiger partial charge in [0.2, 0.25) is 0 Å². The second kappa shape index (κ2) is 6.53. The minimum atomic E-state index is -4.52. The summed E-state index contributed by atoms with van der Waals surface area (Å²) in [5.41, 5.74) is 0.0204. The van der Waals surface area contributed by atoms with Crippen molar-refractivity contribution in [1.82, 2.24) is 15.1 Å². The Bertz CT molecular complexity index is 916. The highest BCUT2D eigenvalue weighted by Gasteiger charge is 2.47. The number of alkyl halides is 3. The summed E-state index contributed by atoms with van der Waals surface area (Å²) in [5, 5.41) is 9.36. The summed E-state index contributed by atoms with van der Waals surface area (Å²) in [6.07, 6.45) is -0.826. The van der Waals surface area contributed by atoms with Crippen molar-refractivity contribution in [3.63, 3.8) is 0 Å². The van der Waals surface area contributed by atoms with Gasteiger partial charge < -0.3 is 19.5 Å². The number of fused-ring (bicyclic) bond motifs is 1. The van der Waals surface area contributed by atoms with Crippen molar-refractivity contribution in [1.29, 1.82) is 0 Å². The van der Waals surface area contributed by atoms with Crippen molar-refractivity contribution in [2.75, 3.05) is 5.32 Å². The van der Waals surface area contributed by atoms with E-state index in [0.717, 1.165) is 10.9 Å². The molecule has 10 heteroatoms. The fraction of sp³-hybridized carbons (Fsp3) is 0.294. The van der Waals surface area contributed by atoms with Gasteiger partial charge in [-0.1, -0.05) is 0 Å². The molecule has 4 heterocycles. The van der Waals surface area contributed by atoms with Gasteiger partial charge >= 0.3 is 6.18 Å². The number of amides is 1. The Kier molecular flexibility index (Phi) is 4.17. The van der Waals surface area contributed by atoms with E-state index in [2.05, 4.69) is 15.7 Å². The molecule has 0 aliphatic carbocycles. The minimum Gasteiger partial charge on any atom is -0.467 e. The van der Waals surface area contributed by atoms with Crippen LogP contribution >= 0.6 is 0 Å². The van der Waals surface area contributed by atoms with E-state index in [4.69, 9.17) is 8.83 Å². The fourth-order valence-electron chi connectivity index (χ4n) is 3.08. The Morgan fingerprint density at radius 3 is 2.74 bits per heavy atom. The van der Waals surface area contributed by atoms with Crippen molar-refractivity contribution in [3.8, 4) is 0 Å². The largest absolute Gasteiger partial charge is 0.467 e. The summed E-state index contributed by atoms with van der Waals surface area (Å²) < 4.78 is 51.8. The van der Waals surface area contributed by atoms with E-state index in [1.165, 1.54) is 12.5 Å². The lowest BCUT2D eigenvalue weighted by Gasteiger charge is -2.32. The van der Waals surface area contributed by atoms with Crippen molar-refractivity contribution >= 4 is 11.7 Å². The maximum Gasteiger partial charge on any atom is 0.410 e. The lowest BCUT2D eigenvalue weighted by molar-refractivity contribution is -0.174. The molecule has 0 spiro atoms. The zero-order valence-electron chi connectivity index (χ0n) is 13.9. The van der Waals surface area contributed by atoms with Crippen LogP contribution in [0.15, 0.2) is 51.8 Å². The number of halogens is 3. The molecule has 1 aliphatic rings. The molecular formula is C17H15F3N4O3. The first-order chi connectivity index (χ1) is 12.9. The van der Waals surface area contributed by atoms with Crippen LogP contribution in [0.5, 0.6) is 0 Å². The van der Waals surface area contributed by atoms with Crippen LogP contribution in [0.4, 0.5) is 19.0 Å². The highest BCUT2D eigenvalue weighted by atomic mass is 19.4. The van der Waals surface area contributed by atoms with Gasteiger partial charge in [0.25, 0.3) is 5.91 Å². The maximum atomic E-state index is 13.5. The number of carbonyl (C=O) groups excluding carboxylic acids is 1. The van der Waals surface area contributed by atoms with Gasteiger partial charge in [0.1, 0.15) is 22.9 Å². The molecule has 4 rings (SSSR count). The second-order valence-electron chi connectivity index (χ2n) is 6.12. The van der Waals surface area contributed by atoms with Gasteiger partial charge in [-0.3, -0.25) is 4.79 Å². The molecule has 1 amide bonds. The van der Waals surface area contributed by atoms with E-state index < -0.39 is 24.2 Å². The first-order valence-corrected chi connectivity index (χ1v) is 8.18. The number of hydrogen-bond donors (Lipinski definition) is 2. The summed E-state index contributed by atoms with van der Waals surface area (Å²) in [6, 6.07) is 3.95. The number of anilines is 1. The minimum absolute atomic E-state index is 0.00178. The average Bonchev–Trinajstić information content (AvgIpc) is 3.39. The summed E-state index contributed by atoms with van der Waals surface area (Å²) in [7, 11) is 0. The Morgan fingerprint density at radius 1 is 1.30 bits per heavy atom. The quantitative estimate of drug-likeness (QED) is 0.722. The molecular weight excluding hydrogens is 365 g/mol. The molecule has 0 saturated carbocycles. The lowest BCUT2D eigenvalue weighted by atomic mass is 10.0. The molecule has 1 aliphatic heterocycles. The smallest absolute Gasteiger partial charge is 0.410 e. The molecule has 2 atom stereocenters. The molecule has 3 aromatic rings. The van der Waals surface area contributed by atoms with Crippen LogP contribution in [-0.4, -0.2) is 21.9 Å². The third kappa shape index (κ3) is 3.29. The molecule has 0 saturated heterocycles. The van der Waals surface area contributed by atoms with E-state index >= 15 is 0 Å². The van der Waals surface area contributed by atoms with E-state index in [0.29, 0.717) is 11.5 Å². The van der Waals surface area contributed by atoms with Crippen LogP contribution in [0.3, 0.4) is 0 Å². The number of carbonyl (C=O) groups is 1. The number of nitrogens with zero attached hydrogens (tertiary/aromatic N) is 2. The van der Waals surface area contributed by atoms with E-state index in [-0.39, 0.29) is 24.3 Å². The normalized spacial score (nSPS) is 19.4. The van der Waals surface area contributed by atoms with Crippen molar-refractivity contribution in [2.24, 2.45) is 0 Å². The summed E-state index contributed by atoms with van der Waals surface area (Å²) >= 11 is 0. The van der Waals surface area contributed by atoms with Crippen LogP contribution in [0.1, 0.15) is 40.4 Å². The molecule has 27 heavy (non-hydrogen) atoms. The van der Waals surface area contributed by atoms with Crippen molar-refractivity contribution < 1.29 is 26.8 Å². The van der Waals surface area contributed by atoms with Crippen LogP contribution in [0.2, 0.25) is 0 Å². The molecule has 2 N–H and O–H groups in total. The summed E-state index contributed by atoms with van der Waals surface area (Å²) in [6.45, 7) is 0.112. The van der Waals surface area contributed by atoms with Crippen LogP contribution in [-0.2, 0) is 6.54 Å². The number of rotatable bonds is 4.